The molecule has 2 spiro atoms. The summed E-state index contributed by atoms with van der Waals surface area (Å²) in [6, 6.07) is 2.10. The van der Waals surface area contributed by atoms with E-state index in [4.69, 9.17) is 14.2 Å². The van der Waals surface area contributed by atoms with Crippen LogP contribution in [-0.2, 0) is 14.3 Å². The molecular weight excluding hydrogens is 422 g/mol. The number of hydrogen-bond donors (Lipinski definition) is 0. The molecular formula is C25H35N3O5. The standard InChI is InChI=1S/C25H35N3O5/c1-17(20-8-6-14-28(20)2)33-23-26-13-9-19(27-23)21(29)18-7-5-11-24(22(18)30)10-3-4-12-25(24)31-15-16-32-25/h9,13,17-18,20H,3-8,10-12,14-16H2,1-2H3/t17-,18-,20-,24-/m0/s1. The van der Waals surface area contributed by atoms with E-state index in [1.165, 1.54) is 0 Å². The predicted octanol–water partition coefficient (Wildman–Crippen LogP) is 3.19. The second-order valence-corrected chi connectivity index (χ2v) is 10.1. The van der Waals surface area contributed by atoms with Gasteiger partial charge in [0.15, 0.2) is 17.4 Å². The molecule has 2 aliphatic heterocycles. The summed E-state index contributed by atoms with van der Waals surface area (Å²) < 4.78 is 18.2. The van der Waals surface area contributed by atoms with Gasteiger partial charge in [-0.2, -0.15) is 4.98 Å². The van der Waals surface area contributed by atoms with Crippen LogP contribution in [-0.4, -0.2) is 71.2 Å². The lowest BCUT2D eigenvalue weighted by Gasteiger charge is -2.51. The van der Waals surface area contributed by atoms with Crippen molar-refractivity contribution < 1.29 is 23.8 Å². The first kappa shape index (κ1) is 22.9. The van der Waals surface area contributed by atoms with Gasteiger partial charge >= 0.3 is 6.01 Å². The Hall–Kier alpha value is -1.90. The van der Waals surface area contributed by atoms with Gasteiger partial charge in [0.1, 0.15) is 11.8 Å². The monoisotopic (exact) mass is 457 g/mol. The van der Waals surface area contributed by atoms with E-state index in [1.807, 2.05) is 6.92 Å². The van der Waals surface area contributed by atoms with Crippen molar-refractivity contribution in [3.63, 3.8) is 0 Å². The predicted molar refractivity (Wildman–Crippen MR) is 120 cm³/mol. The molecule has 2 saturated heterocycles. The number of likely N-dealkylation sites (N-methyl/N-ethyl adjacent to an activating group) is 1. The number of carbonyl (C=O) groups excluding carboxylic acids is 2. The second-order valence-electron chi connectivity index (χ2n) is 10.1. The van der Waals surface area contributed by atoms with Crippen LogP contribution < -0.4 is 4.74 Å². The minimum atomic E-state index is -0.857. The number of fused-ring (bicyclic) bond motifs is 1. The van der Waals surface area contributed by atoms with Gasteiger partial charge in [-0.25, -0.2) is 4.98 Å². The molecule has 2 aliphatic carbocycles. The van der Waals surface area contributed by atoms with Gasteiger partial charge in [-0.05, 0) is 65.1 Å². The van der Waals surface area contributed by atoms with Crippen molar-refractivity contribution >= 4 is 11.6 Å². The first-order valence-corrected chi connectivity index (χ1v) is 12.5. The Labute approximate surface area is 195 Å². The van der Waals surface area contributed by atoms with Crippen molar-refractivity contribution in [1.29, 1.82) is 0 Å². The summed E-state index contributed by atoms with van der Waals surface area (Å²) in [5.41, 5.74) is -0.477. The maximum absolute atomic E-state index is 13.9. The van der Waals surface area contributed by atoms with Crippen LogP contribution in [0.2, 0.25) is 0 Å². The van der Waals surface area contributed by atoms with Gasteiger partial charge in [-0.1, -0.05) is 12.8 Å². The number of rotatable bonds is 5. The van der Waals surface area contributed by atoms with Crippen molar-refractivity contribution in [1.82, 2.24) is 14.9 Å². The van der Waals surface area contributed by atoms with Crippen LogP contribution in [0.5, 0.6) is 6.01 Å². The molecule has 3 heterocycles. The topological polar surface area (TPSA) is 90.8 Å². The Bertz CT molecular complexity index is 898. The third-order valence-corrected chi connectivity index (χ3v) is 8.34. The van der Waals surface area contributed by atoms with Crippen LogP contribution in [0, 0.1) is 11.3 Å². The highest BCUT2D eigenvalue weighted by Crippen LogP contribution is 2.56. The van der Waals surface area contributed by atoms with E-state index in [0.29, 0.717) is 25.7 Å². The van der Waals surface area contributed by atoms with Crippen molar-refractivity contribution in [3.8, 4) is 6.01 Å². The van der Waals surface area contributed by atoms with Crippen LogP contribution in [0.4, 0.5) is 0 Å². The number of aromatic nitrogens is 2. The molecule has 8 nitrogen and oxygen atoms in total. The average Bonchev–Trinajstić information content (AvgIpc) is 3.47. The first-order valence-electron chi connectivity index (χ1n) is 12.5. The number of nitrogens with zero attached hydrogens (tertiary/aromatic N) is 3. The number of carbonyl (C=O) groups is 2. The number of hydrogen-bond acceptors (Lipinski definition) is 8. The van der Waals surface area contributed by atoms with Crippen LogP contribution in [0.15, 0.2) is 12.3 Å². The van der Waals surface area contributed by atoms with E-state index in [9.17, 15) is 9.59 Å². The smallest absolute Gasteiger partial charge is 0.317 e. The zero-order valence-electron chi connectivity index (χ0n) is 19.8. The van der Waals surface area contributed by atoms with Crippen LogP contribution in [0.3, 0.4) is 0 Å². The number of likely N-dealkylation sites (tertiary alicyclic amines) is 1. The fourth-order valence-corrected chi connectivity index (χ4v) is 6.65. The van der Waals surface area contributed by atoms with Crippen LogP contribution >= 0.6 is 0 Å². The Morgan fingerprint density at radius 3 is 2.67 bits per heavy atom. The Balaban J connectivity index is 1.35. The zero-order chi connectivity index (χ0) is 23.1. The number of Topliss-reactive ketones (excluding diaryl/α,β-unsaturated/α-hetero) is 2. The van der Waals surface area contributed by atoms with E-state index in [2.05, 4.69) is 21.9 Å². The highest BCUT2D eigenvalue weighted by molar-refractivity contribution is 6.12. The normalized spacial score (nSPS) is 33.0. The van der Waals surface area contributed by atoms with Gasteiger partial charge in [0.05, 0.1) is 24.5 Å². The summed E-state index contributed by atoms with van der Waals surface area (Å²) >= 11 is 0. The van der Waals surface area contributed by atoms with Gasteiger partial charge < -0.3 is 14.2 Å². The molecule has 0 aromatic carbocycles. The molecule has 2 saturated carbocycles. The zero-order valence-corrected chi connectivity index (χ0v) is 19.8. The summed E-state index contributed by atoms with van der Waals surface area (Å²) in [5.74, 6) is -1.84. The fourth-order valence-electron chi connectivity index (χ4n) is 6.65. The molecule has 33 heavy (non-hydrogen) atoms. The molecule has 0 unspecified atom stereocenters. The van der Waals surface area contributed by atoms with Gasteiger partial charge in [0, 0.05) is 18.7 Å². The minimum Gasteiger partial charge on any atom is -0.459 e. The highest BCUT2D eigenvalue weighted by Gasteiger charge is 2.63. The summed E-state index contributed by atoms with van der Waals surface area (Å²) in [6.07, 6.45) is 9.13. The molecule has 0 bridgehead atoms. The lowest BCUT2D eigenvalue weighted by atomic mass is 9.57. The molecule has 0 N–H and O–H groups in total. The van der Waals surface area contributed by atoms with Crippen molar-refractivity contribution in [2.75, 3.05) is 26.8 Å². The number of ketones is 2. The summed E-state index contributed by atoms with van der Waals surface area (Å²) in [5, 5.41) is 0. The molecule has 180 valence electrons. The van der Waals surface area contributed by atoms with Crippen LogP contribution in [0.1, 0.15) is 75.2 Å². The van der Waals surface area contributed by atoms with E-state index < -0.39 is 17.1 Å². The lowest BCUT2D eigenvalue weighted by Crippen LogP contribution is -2.60. The van der Waals surface area contributed by atoms with Gasteiger partial charge in [-0.15, -0.1) is 0 Å². The molecule has 5 rings (SSSR count). The van der Waals surface area contributed by atoms with E-state index in [0.717, 1.165) is 57.9 Å². The number of ether oxygens (including phenoxy) is 3. The SMILES string of the molecule is C[C@H](Oc1nccc(C(=O)[C@@H]2CCC[C@@]3(CCCCC34OCCO4)C2=O)n1)[C@@H]1CCCN1C. The third kappa shape index (κ3) is 3.90. The average molecular weight is 458 g/mol. The van der Waals surface area contributed by atoms with E-state index in [1.54, 1.807) is 12.3 Å². The summed E-state index contributed by atoms with van der Waals surface area (Å²) in [4.78, 5) is 38.4. The quantitative estimate of drug-likeness (QED) is 0.492. The maximum atomic E-state index is 13.9. The Morgan fingerprint density at radius 1 is 1.15 bits per heavy atom. The van der Waals surface area contributed by atoms with Crippen LogP contribution in [0.25, 0.3) is 0 Å². The molecule has 4 atom stereocenters. The summed E-state index contributed by atoms with van der Waals surface area (Å²) in [6.45, 7) is 4.09. The van der Waals surface area contributed by atoms with Crippen molar-refractivity contribution in [3.05, 3.63) is 18.0 Å². The highest BCUT2D eigenvalue weighted by atomic mass is 16.7. The maximum Gasteiger partial charge on any atom is 0.317 e. The Morgan fingerprint density at radius 2 is 1.91 bits per heavy atom. The molecule has 8 heteroatoms. The Kier molecular flexibility index (Phi) is 6.27. The minimum absolute atomic E-state index is 0.0256. The van der Waals surface area contributed by atoms with Gasteiger partial charge in [0.2, 0.25) is 0 Å². The van der Waals surface area contributed by atoms with Crippen molar-refractivity contribution in [2.45, 2.75) is 82.6 Å². The second kappa shape index (κ2) is 9.04. The largest absolute Gasteiger partial charge is 0.459 e. The van der Waals surface area contributed by atoms with E-state index in [-0.39, 0.29) is 29.4 Å². The molecule has 0 radical (unpaired) electrons. The van der Waals surface area contributed by atoms with Gasteiger partial charge in [0.25, 0.3) is 0 Å². The fraction of sp³-hybridized carbons (Fsp3) is 0.760. The third-order valence-electron chi connectivity index (χ3n) is 8.34. The molecule has 1 aromatic heterocycles. The molecule has 1 aromatic rings. The first-order chi connectivity index (χ1) is 16.0. The summed E-state index contributed by atoms with van der Waals surface area (Å²) in [7, 11) is 2.10. The molecule has 4 fully saturated rings. The van der Waals surface area contributed by atoms with E-state index >= 15 is 0 Å². The lowest BCUT2D eigenvalue weighted by molar-refractivity contribution is -0.255. The van der Waals surface area contributed by atoms with Crippen molar-refractivity contribution in [2.24, 2.45) is 11.3 Å². The molecule has 0 amide bonds. The van der Waals surface area contributed by atoms with Gasteiger partial charge in [-0.3, -0.25) is 14.5 Å². The molecule has 4 aliphatic rings.